The number of piperazine rings is 1. The van der Waals surface area contributed by atoms with E-state index in [0.717, 1.165) is 25.2 Å². The molecule has 144 valence electrons. The molecule has 0 atom stereocenters. The van der Waals surface area contributed by atoms with E-state index in [1.807, 2.05) is 4.90 Å². The Morgan fingerprint density at radius 3 is 2.56 bits per heavy atom. The highest BCUT2D eigenvalue weighted by molar-refractivity contribution is 7.89. The lowest BCUT2D eigenvalue weighted by Crippen LogP contribution is -2.43. The Morgan fingerprint density at radius 2 is 1.89 bits per heavy atom. The highest BCUT2D eigenvalue weighted by Crippen LogP contribution is 2.24. The predicted octanol–water partition coefficient (Wildman–Crippen LogP) is 1.62. The highest BCUT2D eigenvalue weighted by atomic mass is 32.2. The number of anilines is 1. The lowest BCUT2D eigenvalue weighted by molar-refractivity contribution is -0.387. The maximum atomic E-state index is 14.4. The van der Waals surface area contributed by atoms with Crippen molar-refractivity contribution in [1.29, 1.82) is 0 Å². The molecular weight excluding hydrogens is 375 g/mol. The van der Waals surface area contributed by atoms with Crippen molar-refractivity contribution < 1.29 is 17.7 Å². The number of nitrogens with one attached hydrogen (secondary N) is 2. The van der Waals surface area contributed by atoms with E-state index < -0.39 is 31.3 Å². The zero-order chi connectivity index (χ0) is 19.4. The molecule has 1 heterocycles. The summed E-state index contributed by atoms with van der Waals surface area (Å²) in [5, 5.41) is 14.2. The third-order valence-corrected chi connectivity index (χ3v) is 5.74. The summed E-state index contributed by atoms with van der Waals surface area (Å²) in [5.74, 6) is -0.431. The summed E-state index contributed by atoms with van der Waals surface area (Å²) in [7, 11) is -4.11. The summed E-state index contributed by atoms with van der Waals surface area (Å²) < 4.78 is 41.5. The van der Waals surface area contributed by atoms with Crippen molar-refractivity contribution in [2.75, 3.05) is 31.1 Å². The number of nitro groups is 1. The number of rotatable bonds is 6. The Labute approximate surface area is 156 Å². The van der Waals surface area contributed by atoms with Crippen LogP contribution in [0.2, 0.25) is 0 Å². The van der Waals surface area contributed by atoms with Gasteiger partial charge in [0.05, 0.1) is 10.6 Å². The number of sulfonamides is 1. The average Bonchev–Trinajstić information content (AvgIpc) is 2.67. The molecule has 0 bridgehead atoms. The Morgan fingerprint density at radius 1 is 1.19 bits per heavy atom. The van der Waals surface area contributed by atoms with E-state index in [-0.39, 0.29) is 6.54 Å². The summed E-state index contributed by atoms with van der Waals surface area (Å²) in [6.07, 6.45) is 0. The Bertz CT molecular complexity index is 946. The molecule has 27 heavy (non-hydrogen) atoms. The lowest BCUT2D eigenvalue weighted by Gasteiger charge is -2.29. The second-order valence-electron chi connectivity index (χ2n) is 6.07. The molecule has 2 aromatic carbocycles. The molecule has 0 radical (unpaired) electrons. The van der Waals surface area contributed by atoms with Gasteiger partial charge in [-0.15, -0.1) is 0 Å². The van der Waals surface area contributed by atoms with Gasteiger partial charge in [-0.1, -0.05) is 18.2 Å². The second-order valence-corrected chi connectivity index (χ2v) is 7.81. The molecule has 1 fully saturated rings. The van der Waals surface area contributed by atoms with Crippen LogP contribution >= 0.6 is 0 Å². The minimum atomic E-state index is -4.11. The number of hydrogen-bond donors (Lipinski definition) is 2. The number of hydrogen-bond acceptors (Lipinski definition) is 6. The molecule has 10 heteroatoms. The van der Waals surface area contributed by atoms with Gasteiger partial charge in [0.1, 0.15) is 5.82 Å². The van der Waals surface area contributed by atoms with E-state index in [2.05, 4.69) is 10.0 Å². The molecule has 2 N–H and O–H groups in total. The van der Waals surface area contributed by atoms with E-state index in [1.54, 1.807) is 12.1 Å². The zero-order valence-electron chi connectivity index (χ0n) is 14.4. The van der Waals surface area contributed by atoms with Crippen LogP contribution in [0.5, 0.6) is 0 Å². The molecular formula is C17H19FN4O4S. The van der Waals surface area contributed by atoms with Crippen molar-refractivity contribution in [2.45, 2.75) is 11.4 Å². The minimum absolute atomic E-state index is 0.173. The molecule has 0 saturated carbocycles. The lowest BCUT2D eigenvalue weighted by atomic mass is 10.1. The van der Waals surface area contributed by atoms with Crippen LogP contribution in [0, 0.1) is 15.9 Å². The van der Waals surface area contributed by atoms with Gasteiger partial charge >= 0.3 is 0 Å². The molecule has 1 aliphatic rings. The zero-order valence-corrected chi connectivity index (χ0v) is 15.2. The molecule has 0 spiro atoms. The van der Waals surface area contributed by atoms with Crippen LogP contribution in [-0.2, 0) is 16.6 Å². The van der Waals surface area contributed by atoms with Gasteiger partial charge in [-0.25, -0.2) is 17.5 Å². The third-order valence-electron chi connectivity index (χ3n) is 4.29. The van der Waals surface area contributed by atoms with Gasteiger partial charge in [0.15, 0.2) is 4.90 Å². The third kappa shape index (κ3) is 4.41. The van der Waals surface area contributed by atoms with Crippen molar-refractivity contribution in [3.8, 4) is 0 Å². The first-order valence-electron chi connectivity index (χ1n) is 8.35. The predicted molar refractivity (Wildman–Crippen MR) is 98.6 cm³/mol. The topological polar surface area (TPSA) is 105 Å². The van der Waals surface area contributed by atoms with E-state index in [0.29, 0.717) is 24.3 Å². The van der Waals surface area contributed by atoms with Crippen molar-refractivity contribution in [3.63, 3.8) is 0 Å². The van der Waals surface area contributed by atoms with E-state index in [9.17, 15) is 22.9 Å². The minimum Gasteiger partial charge on any atom is -0.367 e. The molecule has 0 amide bonds. The molecule has 0 unspecified atom stereocenters. The van der Waals surface area contributed by atoms with Gasteiger partial charge < -0.3 is 10.2 Å². The fraction of sp³-hybridized carbons (Fsp3) is 0.294. The van der Waals surface area contributed by atoms with Crippen LogP contribution in [0.4, 0.5) is 15.8 Å². The quantitative estimate of drug-likeness (QED) is 0.570. The summed E-state index contributed by atoms with van der Waals surface area (Å²) in [5.41, 5.74) is 0.389. The number of nitro benzene ring substituents is 1. The summed E-state index contributed by atoms with van der Waals surface area (Å²) in [6, 6.07) is 9.62. The number of para-hydroxylation sites is 1. The fourth-order valence-corrected chi connectivity index (χ4v) is 4.10. The van der Waals surface area contributed by atoms with Crippen molar-refractivity contribution >= 4 is 21.4 Å². The van der Waals surface area contributed by atoms with Crippen LogP contribution < -0.4 is 14.9 Å². The van der Waals surface area contributed by atoms with Gasteiger partial charge in [-0.2, -0.15) is 0 Å². The number of halogens is 1. The van der Waals surface area contributed by atoms with Gasteiger partial charge in [-0.3, -0.25) is 10.1 Å². The Hall–Kier alpha value is -2.56. The largest absolute Gasteiger partial charge is 0.367 e. The molecule has 2 aromatic rings. The first-order chi connectivity index (χ1) is 12.9. The maximum absolute atomic E-state index is 14.4. The molecule has 0 aromatic heterocycles. The summed E-state index contributed by atoms with van der Waals surface area (Å²) >= 11 is 0. The van der Waals surface area contributed by atoms with Crippen LogP contribution in [0.15, 0.2) is 47.4 Å². The molecule has 1 aliphatic heterocycles. The van der Waals surface area contributed by atoms with Crippen molar-refractivity contribution in [1.82, 2.24) is 10.0 Å². The van der Waals surface area contributed by atoms with Gasteiger partial charge in [-0.05, 0) is 23.8 Å². The molecule has 8 nitrogen and oxygen atoms in total. The van der Waals surface area contributed by atoms with Crippen LogP contribution in [0.1, 0.15) is 5.56 Å². The summed E-state index contributed by atoms with van der Waals surface area (Å²) in [4.78, 5) is 11.8. The van der Waals surface area contributed by atoms with Crippen LogP contribution in [0.25, 0.3) is 0 Å². The molecule has 0 aliphatic carbocycles. The second kappa shape index (κ2) is 7.99. The van der Waals surface area contributed by atoms with Gasteiger partial charge in [0, 0.05) is 38.8 Å². The normalized spacial score (nSPS) is 14.9. The van der Waals surface area contributed by atoms with Crippen LogP contribution in [0.3, 0.4) is 0 Å². The average molecular weight is 394 g/mol. The standard InChI is InChI=1S/C17H19FN4O4S/c18-14-11-13(5-6-15(14)21-9-7-19-8-10-21)12-20-27(25,26)17-4-2-1-3-16(17)22(23)24/h1-6,11,19-20H,7-10,12H2. The smallest absolute Gasteiger partial charge is 0.289 e. The highest BCUT2D eigenvalue weighted by Gasteiger charge is 2.25. The van der Waals surface area contributed by atoms with E-state index in [1.165, 1.54) is 18.2 Å². The number of nitrogens with zero attached hydrogens (tertiary/aromatic N) is 2. The van der Waals surface area contributed by atoms with Crippen molar-refractivity contribution in [3.05, 3.63) is 64.0 Å². The van der Waals surface area contributed by atoms with Gasteiger partial charge in [0.25, 0.3) is 5.69 Å². The van der Waals surface area contributed by atoms with Gasteiger partial charge in [0.2, 0.25) is 10.0 Å². The Balaban J connectivity index is 1.74. The fourth-order valence-electron chi connectivity index (χ4n) is 2.91. The SMILES string of the molecule is O=[N+]([O-])c1ccccc1S(=O)(=O)NCc1ccc(N2CCNCC2)c(F)c1. The maximum Gasteiger partial charge on any atom is 0.289 e. The van der Waals surface area contributed by atoms with Crippen molar-refractivity contribution in [2.24, 2.45) is 0 Å². The molecule has 1 saturated heterocycles. The van der Waals surface area contributed by atoms with Crippen LogP contribution in [-0.4, -0.2) is 39.5 Å². The first kappa shape index (κ1) is 19.2. The summed E-state index contributed by atoms with van der Waals surface area (Å²) in [6.45, 7) is 2.77. The van der Waals surface area contributed by atoms with E-state index in [4.69, 9.17) is 0 Å². The molecule has 3 rings (SSSR count). The number of benzene rings is 2. The van der Waals surface area contributed by atoms with E-state index >= 15 is 0 Å². The first-order valence-corrected chi connectivity index (χ1v) is 9.84. The monoisotopic (exact) mass is 394 g/mol. The Kier molecular flexibility index (Phi) is 5.68.